The van der Waals surface area contributed by atoms with E-state index in [0.717, 1.165) is 22.4 Å². The number of amides is 1. The van der Waals surface area contributed by atoms with Crippen molar-refractivity contribution in [3.05, 3.63) is 78.1 Å². The summed E-state index contributed by atoms with van der Waals surface area (Å²) in [5.74, 6) is 1.31. The van der Waals surface area contributed by atoms with Gasteiger partial charge in [-0.1, -0.05) is 56.8 Å². The van der Waals surface area contributed by atoms with Crippen molar-refractivity contribution in [1.29, 1.82) is 0 Å². The third-order valence-electron chi connectivity index (χ3n) is 5.58. The molecular formula is C27H29N5O2S. The van der Waals surface area contributed by atoms with Crippen molar-refractivity contribution >= 4 is 23.4 Å². The van der Waals surface area contributed by atoms with Gasteiger partial charge in [0.2, 0.25) is 5.91 Å². The van der Waals surface area contributed by atoms with Gasteiger partial charge in [0.05, 0.1) is 24.2 Å². The molecule has 2 aromatic heterocycles. The fourth-order valence-corrected chi connectivity index (χ4v) is 4.41. The number of anilines is 1. The first-order valence-electron chi connectivity index (χ1n) is 11.3. The number of aryl methyl sites for hydroxylation is 1. The van der Waals surface area contributed by atoms with Crippen molar-refractivity contribution in [2.75, 3.05) is 18.2 Å². The highest BCUT2D eigenvalue weighted by Crippen LogP contribution is 2.32. The number of aromatic nitrogens is 4. The van der Waals surface area contributed by atoms with Crippen LogP contribution in [0.4, 0.5) is 5.69 Å². The minimum Gasteiger partial charge on any atom is -0.495 e. The Hall–Kier alpha value is -3.65. The molecule has 7 nitrogen and oxygen atoms in total. The number of nitrogens with zero attached hydrogens (tertiary/aromatic N) is 4. The average molecular weight is 488 g/mol. The molecule has 0 saturated heterocycles. The lowest BCUT2D eigenvalue weighted by Crippen LogP contribution is -2.17. The van der Waals surface area contributed by atoms with Gasteiger partial charge in [0.15, 0.2) is 11.0 Å². The number of carbonyl (C=O) groups is 1. The monoisotopic (exact) mass is 487 g/mol. The predicted octanol–water partition coefficient (Wildman–Crippen LogP) is 5.67. The van der Waals surface area contributed by atoms with E-state index in [1.165, 1.54) is 11.8 Å². The number of thioether (sulfide) groups is 1. The van der Waals surface area contributed by atoms with E-state index < -0.39 is 0 Å². The van der Waals surface area contributed by atoms with Crippen LogP contribution in [-0.4, -0.2) is 38.5 Å². The van der Waals surface area contributed by atoms with E-state index in [1.807, 2.05) is 66.1 Å². The second-order valence-corrected chi connectivity index (χ2v) is 10.1. The van der Waals surface area contributed by atoms with Gasteiger partial charge in [-0.3, -0.25) is 14.3 Å². The summed E-state index contributed by atoms with van der Waals surface area (Å²) in [6, 6.07) is 17.7. The van der Waals surface area contributed by atoms with Crippen molar-refractivity contribution in [1.82, 2.24) is 19.7 Å². The van der Waals surface area contributed by atoms with Gasteiger partial charge in [-0.2, -0.15) is 0 Å². The quantitative estimate of drug-likeness (QED) is 0.338. The Labute approximate surface area is 210 Å². The van der Waals surface area contributed by atoms with Crippen molar-refractivity contribution in [3.8, 4) is 22.8 Å². The maximum absolute atomic E-state index is 13.0. The summed E-state index contributed by atoms with van der Waals surface area (Å²) >= 11 is 1.33. The zero-order valence-electron chi connectivity index (χ0n) is 20.6. The summed E-state index contributed by atoms with van der Waals surface area (Å²) in [5, 5.41) is 12.5. The van der Waals surface area contributed by atoms with E-state index in [1.54, 1.807) is 19.5 Å². The molecule has 0 saturated carbocycles. The minimum absolute atomic E-state index is 0.0485. The molecule has 0 aliphatic heterocycles. The molecule has 0 unspecified atom stereocenters. The molecule has 0 fully saturated rings. The van der Waals surface area contributed by atoms with Crippen molar-refractivity contribution in [2.45, 2.75) is 38.3 Å². The maximum atomic E-state index is 13.0. The third kappa shape index (κ3) is 5.54. The van der Waals surface area contributed by atoms with Gasteiger partial charge in [0.1, 0.15) is 5.75 Å². The van der Waals surface area contributed by atoms with E-state index in [4.69, 9.17) is 4.74 Å². The van der Waals surface area contributed by atoms with E-state index in [-0.39, 0.29) is 17.1 Å². The topological polar surface area (TPSA) is 81.9 Å². The van der Waals surface area contributed by atoms with Gasteiger partial charge >= 0.3 is 0 Å². The van der Waals surface area contributed by atoms with E-state index in [2.05, 4.69) is 41.3 Å². The summed E-state index contributed by atoms with van der Waals surface area (Å²) in [7, 11) is 1.60. The van der Waals surface area contributed by atoms with Crippen LogP contribution in [0.25, 0.3) is 17.1 Å². The molecule has 0 spiro atoms. The Balaban J connectivity index is 1.60. The highest BCUT2D eigenvalue weighted by Gasteiger charge is 2.20. The first-order valence-corrected chi connectivity index (χ1v) is 12.3. The molecule has 0 aliphatic rings. The van der Waals surface area contributed by atoms with E-state index in [9.17, 15) is 4.79 Å². The molecule has 4 rings (SSSR count). The number of ether oxygens (including phenoxy) is 1. The van der Waals surface area contributed by atoms with Crippen LogP contribution in [0.3, 0.4) is 0 Å². The van der Waals surface area contributed by atoms with Crippen molar-refractivity contribution in [2.24, 2.45) is 0 Å². The van der Waals surface area contributed by atoms with Crippen LogP contribution in [0.15, 0.2) is 72.1 Å². The van der Waals surface area contributed by atoms with Gasteiger partial charge in [-0.05, 0) is 53.8 Å². The number of pyridine rings is 1. The number of hydrogen-bond donors (Lipinski definition) is 1. The number of rotatable bonds is 7. The van der Waals surface area contributed by atoms with Gasteiger partial charge in [-0.15, -0.1) is 10.2 Å². The second-order valence-electron chi connectivity index (χ2n) is 9.17. The predicted molar refractivity (Wildman–Crippen MR) is 140 cm³/mol. The van der Waals surface area contributed by atoms with Crippen LogP contribution in [-0.2, 0) is 10.2 Å². The number of carbonyl (C=O) groups excluding carboxylic acids is 1. The van der Waals surface area contributed by atoms with Gasteiger partial charge in [-0.25, -0.2) is 0 Å². The number of hydrogen-bond acceptors (Lipinski definition) is 6. The van der Waals surface area contributed by atoms with Crippen molar-refractivity contribution in [3.63, 3.8) is 0 Å². The van der Waals surface area contributed by atoms with Crippen LogP contribution in [0.1, 0.15) is 31.9 Å². The first kappa shape index (κ1) is 24.5. The summed E-state index contributed by atoms with van der Waals surface area (Å²) < 4.78 is 7.44. The van der Waals surface area contributed by atoms with Crippen LogP contribution >= 0.6 is 11.8 Å². The first-order chi connectivity index (χ1) is 16.8. The van der Waals surface area contributed by atoms with Crippen molar-refractivity contribution < 1.29 is 9.53 Å². The zero-order chi connectivity index (χ0) is 25.0. The fraction of sp³-hybridized carbons (Fsp3) is 0.259. The molecule has 4 aromatic rings. The van der Waals surface area contributed by atoms with Gasteiger partial charge in [0, 0.05) is 18.0 Å². The SMILES string of the molecule is COc1ccc(C(C)(C)C)cc1NC(=O)CSc1nnc(-c2cccnc2)n1-c1ccccc1C. The summed E-state index contributed by atoms with van der Waals surface area (Å²) in [6.45, 7) is 8.44. The number of methoxy groups -OCH3 is 1. The summed E-state index contributed by atoms with van der Waals surface area (Å²) in [5.41, 5.74) is 4.60. The summed E-state index contributed by atoms with van der Waals surface area (Å²) in [4.78, 5) is 17.2. The molecule has 180 valence electrons. The lowest BCUT2D eigenvalue weighted by atomic mass is 9.87. The number of benzene rings is 2. The number of para-hydroxylation sites is 1. The molecule has 0 bridgehead atoms. The minimum atomic E-state index is -0.151. The van der Waals surface area contributed by atoms with Crippen LogP contribution < -0.4 is 10.1 Å². The van der Waals surface area contributed by atoms with Gasteiger partial charge < -0.3 is 10.1 Å². The second kappa shape index (κ2) is 10.3. The highest BCUT2D eigenvalue weighted by molar-refractivity contribution is 7.99. The molecule has 35 heavy (non-hydrogen) atoms. The fourth-order valence-electron chi connectivity index (χ4n) is 3.67. The lowest BCUT2D eigenvalue weighted by molar-refractivity contribution is -0.113. The normalized spacial score (nSPS) is 11.3. The highest BCUT2D eigenvalue weighted by atomic mass is 32.2. The zero-order valence-corrected chi connectivity index (χ0v) is 21.4. The Kier molecular flexibility index (Phi) is 7.21. The molecule has 0 radical (unpaired) electrons. The molecule has 2 heterocycles. The smallest absolute Gasteiger partial charge is 0.234 e. The standard InChI is InChI=1S/C27H29N5O2S/c1-18-9-6-7-11-22(18)32-25(19-10-8-14-28-16-19)30-31-26(32)35-17-24(33)29-21-15-20(27(2,3)4)12-13-23(21)34-5/h6-16H,17H2,1-5H3,(H,29,33). The molecule has 0 atom stereocenters. The van der Waals surface area contributed by atoms with Crippen LogP contribution in [0, 0.1) is 6.92 Å². The van der Waals surface area contributed by atoms with E-state index in [0.29, 0.717) is 22.4 Å². The maximum Gasteiger partial charge on any atom is 0.234 e. The molecular weight excluding hydrogens is 458 g/mol. The average Bonchev–Trinajstić information content (AvgIpc) is 3.26. The van der Waals surface area contributed by atoms with Crippen LogP contribution in [0.2, 0.25) is 0 Å². The summed E-state index contributed by atoms with van der Waals surface area (Å²) in [6.07, 6.45) is 3.48. The molecule has 1 amide bonds. The molecule has 8 heteroatoms. The molecule has 0 aliphatic carbocycles. The lowest BCUT2D eigenvalue weighted by Gasteiger charge is -2.21. The Bertz CT molecular complexity index is 1330. The van der Waals surface area contributed by atoms with Gasteiger partial charge in [0.25, 0.3) is 0 Å². The van der Waals surface area contributed by atoms with E-state index >= 15 is 0 Å². The Morgan fingerprint density at radius 2 is 1.89 bits per heavy atom. The number of nitrogens with one attached hydrogen (secondary N) is 1. The van der Waals surface area contributed by atoms with Crippen LogP contribution in [0.5, 0.6) is 5.75 Å². The Morgan fingerprint density at radius 3 is 2.57 bits per heavy atom. The third-order valence-corrected chi connectivity index (χ3v) is 6.51. The Morgan fingerprint density at radius 1 is 1.09 bits per heavy atom. The molecule has 1 N–H and O–H groups in total. The largest absolute Gasteiger partial charge is 0.495 e. The molecule has 2 aromatic carbocycles.